The minimum Gasteiger partial charge on any atom is -0.382 e. The molecule has 0 bridgehead atoms. The lowest BCUT2D eigenvalue weighted by Gasteiger charge is -2.36. The Morgan fingerprint density at radius 3 is 2.52 bits per heavy atom. The van der Waals surface area contributed by atoms with Gasteiger partial charge in [-0.15, -0.1) is 0 Å². The molecule has 7 nitrogen and oxygen atoms in total. The molecule has 0 spiro atoms. The first-order chi connectivity index (χ1) is 10.2. The smallest absolute Gasteiger partial charge is 0.255 e. The van der Waals surface area contributed by atoms with Crippen molar-refractivity contribution in [1.29, 1.82) is 0 Å². The standard InChI is InChI=1S/C13H16N6OS/c14-11-10(12(15)20)13(21-17-11)19-7-5-18(6-8-19)9-3-1-2-4-16-9/h1-4H,5-8H2,(H2,14,17)(H2,15,20). The van der Waals surface area contributed by atoms with E-state index in [1.807, 2.05) is 18.2 Å². The van der Waals surface area contributed by atoms with Gasteiger partial charge in [-0.1, -0.05) is 6.07 Å². The van der Waals surface area contributed by atoms with Gasteiger partial charge in [0.15, 0.2) is 5.82 Å². The van der Waals surface area contributed by atoms with Gasteiger partial charge in [0.2, 0.25) is 0 Å². The Labute approximate surface area is 126 Å². The number of aromatic nitrogens is 2. The Morgan fingerprint density at radius 2 is 1.90 bits per heavy atom. The van der Waals surface area contributed by atoms with Crippen molar-refractivity contribution in [3.63, 3.8) is 0 Å². The normalized spacial score (nSPS) is 15.2. The van der Waals surface area contributed by atoms with Crippen LogP contribution in [0.3, 0.4) is 0 Å². The average molecular weight is 304 g/mol. The number of carbonyl (C=O) groups excluding carboxylic acids is 1. The third-order valence-corrected chi connectivity index (χ3v) is 4.41. The van der Waals surface area contributed by atoms with Crippen LogP contribution < -0.4 is 21.3 Å². The lowest BCUT2D eigenvalue weighted by Crippen LogP contribution is -2.47. The zero-order chi connectivity index (χ0) is 14.8. The summed E-state index contributed by atoms with van der Waals surface area (Å²) in [4.78, 5) is 20.2. The number of anilines is 3. The van der Waals surface area contributed by atoms with Crippen molar-refractivity contribution in [1.82, 2.24) is 9.36 Å². The molecule has 1 fully saturated rings. The van der Waals surface area contributed by atoms with Crippen molar-refractivity contribution < 1.29 is 4.79 Å². The van der Waals surface area contributed by atoms with E-state index in [-0.39, 0.29) is 5.82 Å². The zero-order valence-corrected chi connectivity index (χ0v) is 12.2. The van der Waals surface area contributed by atoms with E-state index in [1.165, 1.54) is 11.5 Å². The van der Waals surface area contributed by atoms with Crippen LogP contribution in [0.1, 0.15) is 10.4 Å². The van der Waals surface area contributed by atoms with Crippen LogP contribution >= 0.6 is 11.5 Å². The van der Waals surface area contributed by atoms with Crippen LogP contribution in [0.25, 0.3) is 0 Å². The van der Waals surface area contributed by atoms with E-state index in [4.69, 9.17) is 11.5 Å². The Kier molecular flexibility index (Phi) is 3.61. The molecule has 1 aliphatic rings. The number of nitrogens with zero attached hydrogens (tertiary/aromatic N) is 4. The number of hydrogen-bond donors (Lipinski definition) is 2. The second-order valence-corrected chi connectivity index (χ2v) is 5.53. The molecular formula is C13H16N6OS. The summed E-state index contributed by atoms with van der Waals surface area (Å²) in [5.74, 6) is 0.661. The molecule has 2 aromatic heterocycles. The average Bonchev–Trinajstić information content (AvgIpc) is 2.90. The molecule has 0 atom stereocenters. The van der Waals surface area contributed by atoms with Gasteiger partial charge in [0.25, 0.3) is 5.91 Å². The van der Waals surface area contributed by atoms with Crippen LogP contribution in [0.2, 0.25) is 0 Å². The molecule has 1 amide bonds. The summed E-state index contributed by atoms with van der Waals surface area (Å²) in [5.41, 5.74) is 11.4. The molecule has 0 aliphatic carbocycles. The molecule has 4 N–H and O–H groups in total. The van der Waals surface area contributed by atoms with Gasteiger partial charge in [0.1, 0.15) is 16.4 Å². The Bertz CT molecular complexity index is 635. The summed E-state index contributed by atoms with van der Waals surface area (Å²) < 4.78 is 4.04. The first-order valence-electron chi connectivity index (χ1n) is 6.62. The van der Waals surface area contributed by atoms with Crippen molar-refractivity contribution in [3.8, 4) is 0 Å². The number of carbonyl (C=O) groups is 1. The summed E-state index contributed by atoms with van der Waals surface area (Å²) in [6.45, 7) is 3.21. The van der Waals surface area contributed by atoms with Crippen LogP contribution in [-0.4, -0.2) is 41.4 Å². The molecule has 2 aromatic rings. The molecular weight excluding hydrogens is 288 g/mol. The van der Waals surface area contributed by atoms with E-state index < -0.39 is 5.91 Å². The number of nitrogen functional groups attached to an aromatic ring is 1. The predicted molar refractivity (Wildman–Crippen MR) is 83.7 cm³/mol. The first kappa shape index (κ1) is 13.6. The van der Waals surface area contributed by atoms with Crippen molar-refractivity contribution in [2.45, 2.75) is 0 Å². The highest BCUT2D eigenvalue weighted by Crippen LogP contribution is 2.31. The zero-order valence-electron chi connectivity index (χ0n) is 11.4. The van der Waals surface area contributed by atoms with Gasteiger partial charge in [-0.05, 0) is 23.7 Å². The topological polar surface area (TPSA) is 101 Å². The van der Waals surface area contributed by atoms with Crippen molar-refractivity contribution in [3.05, 3.63) is 30.0 Å². The Balaban J connectivity index is 1.73. The van der Waals surface area contributed by atoms with Gasteiger partial charge in [-0.3, -0.25) is 4.79 Å². The molecule has 3 heterocycles. The van der Waals surface area contributed by atoms with Crippen molar-refractivity contribution in [2.75, 3.05) is 41.7 Å². The molecule has 0 radical (unpaired) electrons. The number of primary amides is 1. The Morgan fingerprint density at radius 1 is 1.19 bits per heavy atom. The highest BCUT2D eigenvalue weighted by molar-refractivity contribution is 7.11. The van der Waals surface area contributed by atoms with Crippen LogP contribution in [-0.2, 0) is 0 Å². The summed E-state index contributed by atoms with van der Waals surface area (Å²) in [5, 5.41) is 0.765. The van der Waals surface area contributed by atoms with E-state index in [9.17, 15) is 4.79 Å². The molecule has 0 saturated carbocycles. The fraction of sp³-hybridized carbons (Fsp3) is 0.308. The first-order valence-corrected chi connectivity index (χ1v) is 7.40. The van der Waals surface area contributed by atoms with E-state index >= 15 is 0 Å². The highest BCUT2D eigenvalue weighted by atomic mass is 32.1. The highest BCUT2D eigenvalue weighted by Gasteiger charge is 2.25. The number of nitrogens with two attached hydrogens (primary N) is 2. The fourth-order valence-corrected chi connectivity index (χ4v) is 3.29. The third-order valence-electron chi connectivity index (χ3n) is 3.49. The van der Waals surface area contributed by atoms with Crippen molar-refractivity contribution in [2.24, 2.45) is 5.73 Å². The number of piperazine rings is 1. The van der Waals surface area contributed by atoms with Gasteiger partial charge >= 0.3 is 0 Å². The molecule has 1 saturated heterocycles. The van der Waals surface area contributed by atoms with Gasteiger partial charge in [-0.25, -0.2) is 4.98 Å². The second kappa shape index (κ2) is 5.57. The summed E-state index contributed by atoms with van der Waals surface area (Å²) in [7, 11) is 0. The van der Waals surface area contributed by atoms with E-state index in [2.05, 4.69) is 19.2 Å². The van der Waals surface area contributed by atoms with E-state index in [0.29, 0.717) is 5.56 Å². The van der Waals surface area contributed by atoms with Gasteiger partial charge in [0.05, 0.1) is 0 Å². The van der Waals surface area contributed by atoms with E-state index in [0.717, 1.165) is 37.0 Å². The maximum atomic E-state index is 11.5. The largest absolute Gasteiger partial charge is 0.382 e. The van der Waals surface area contributed by atoms with Gasteiger partial charge in [0, 0.05) is 32.4 Å². The van der Waals surface area contributed by atoms with E-state index in [1.54, 1.807) is 6.20 Å². The fourth-order valence-electron chi connectivity index (χ4n) is 2.42. The van der Waals surface area contributed by atoms with Crippen LogP contribution in [0, 0.1) is 0 Å². The van der Waals surface area contributed by atoms with Crippen LogP contribution in [0.15, 0.2) is 24.4 Å². The van der Waals surface area contributed by atoms with Gasteiger partial charge in [-0.2, -0.15) is 4.37 Å². The van der Waals surface area contributed by atoms with Crippen LogP contribution in [0.5, 0.6) is 0 Å². The Hall–Kier alpha value is -2.35. The molecule has 1 aliphatic heterocycles. The summed E-state index contributed by atoms with van der Waals surface area (Å²) in [6, 6.07) is 5.87. The van der Waals surface area contributed by atoms with Gasteiger partial charge < -0.3 is 21.3 Å². The predicted octanol–water partition coefficient (Wildman–Crippen LogP) is 0.546. The molecule has 8 heteroatoms. The number of rotatable bonds is 3. The van der Waals surface area contributed by atoms with Crippen LogP contribution in [0.4, 0.5) is 16.6 Å². The second-order valence-electron chi connectivity index (χ2n) is 4.77. The lowest BCUT2D eigenvalue weighted by molar-refractivity contribution is 0.100. The maximum Gasteiger partial charge on any atom is 0.255 e. The lowest BCUT2D eigenvalue weighted by atomic mass is 10.2. The molecule has 21 heavy (non-hydrogen) atoms. The summed E-state index contributed by atoms with van der Waals surface area (Å²) >= 11 is 1.22. The molecule has 0 aromatic carbocycles. The third kappa shape index (κ3) is 2.62. The molecule has 0 unspecified atom stereocenters. The summed E-state index contributed by atoms with van der Waals surface area (Å²) in [6.07, 6.45) is 1.79. The monoisotopic (exact) mass is 304 g/mol. The minimum absolute atomic E-state index is 0.217. The SMILES string of the molecule is NC(=O)c1c(N)nsc1N1CCN(c2ccccn2)CC1. The quantitative estimate of drug-likeness (QED) is 0.858. The number of amides is 1. The molecule has 3 rings (SSSR count). The molecule has 110 valence electrons. The van der Waals surface area contributed by atoms with Crippen molar-refractivity contribution >= 4 is 34.1 Å². The minimum atomic E-state index is -0.525. The maximum absolute atomic E-state index is 11.5. The number of hydrogen-bond acceptors (Lipinski definition) is 7. The number of pyridine rings is 1.